The van der Waals surface area contributed by atoms with Gasteiger partial charge >= 0.3 is 6.18 Å². The summed E-state index contributed by atoms with van der Waals surface area (Å²) in [7, 11) is 0. The Morgan fingerprint density at radius 3 is 2.75 bits per heavy atom. The zero-order valence-electron chi connectivity index (χ0n) is 10.4. The van der Waals surface area contributed by atoms with Crippen LogP contribution in [0.2, 0.25) is 0 Å². The third-order valence-electron chi connectivity index (χ3n) is 3.31. The highest BCUT2D eigenvalue weighted by molar-refractivity contribution is 5.83. The molecule has 1 aliphatic rings. The van der Waals surface area contributed by atoms with E-state index in [0.29, 0.717) is 18.7 Å². The smallest absolute Gasteiger partial charge is 0.400 e. The van der Waals surface area contributed by atoms with Crippen molar-refractivity contribution in [3.05, 3.63) is 29.6 Å². The monoisotopic (exact) mass is 291 g/mol. The first-order valence-corrected chi connectivity index (χ1v) is 5.90. The second kappa shape index (κ2) is 5.18. The maximum Gasteiger partial charge on any atom is 0.400 e. The van der Waals surface area contributed by atoms with Crippen LogP contribution in [-0.4, -0.2) is 30.3 Å². The largest absolute Gasteiger partial charge is 0.409 e. The first-order chi connectivity index (χ1) is 9.32. The fraction of sp³-hybridized carbons (Fsp3) is 0.417. The van der Waals surface area contributed by atoms with Gasteiger partial charge in [0.1, 0.15) is 11.7 Å². The summed E-state index contributed by atoms with van der Waals surface area (Å²) in [4.78, 5) is 1.40. The molecule has 8 heteroatoms. The van der Waals surface area contributed by atoms with E-state index < -0.39 is 30.3 Å². The Morgan fingerprint density at radius 1 is 1.45 bits per heavy atom. The summed E-state index contributed by atoms with van der Waals surface area (Å²) in [5, 5.41) is 10.9. The number of hydrogen-bond donors (Lipinski definition) is 2. The number of oxime groups is 1. The molecule has 0 aliphatic carbocycles. The highest BCUT2D eigenvalue weighted by Crippen LogP contribution is 2.33. The fourth-order valence-corrected chi connectivity index (χ4v) is 2.26. The van der Waals surface area contributed by atoms with Crippen molar-refractivity contribution >= 4 is 11.5 Å². The quantitative estimate of drug-likeness (QED) is 0.295. The summed E-state index contributed by atoms with van der Waals surface area (Å²) in [6, 6.07) is 4.02. The molecule has 1 aromatic carbocycles. The Morgan fingerprint density at radius 2 is 2.15 bits per heavy atom. The van der Waals surface area contributed by atoms with Gasteiger partial charge in [0.2, 0.25) is 0 Å². The minimum absolute atomic E-state index is 0.337. The molecule has 0 spiro atoms. The Hall–Kier alpha value is -1.99. The van der Waals surface area contributed by atoms with E-state index in [1.54, 1.807) is 6.07 Å². The lowest BCUT2D eigenvalue weighted by molar-refractivity contribution is -0.153. The first-order valence-electron chi connectivity index (χ1n) is 5.90. The summed E-state index contributed by atoms with van der Waals surface area (Å²) in [6.45, 7) is -0.167. The number of benzene rings is 1. The number of alkyl halides is 3. The van der Waals surface area contributed by atoms with E-state index in [0.717, 1.165) is 5.56 Å². The average Bonchev–Trinajstić information content (AvgIpc) is 2.76. The summed E-state index contributed by atoms with van der Waals surface area (Å²) in [5.41, 5.74) is 6.32. The second-order valence-electron chi connectivity index (χ2n) is 4.59. The fourth-order valence-electron chi connectivity index (χ4n) is 2.26. The maximum absolute atomic E-state index is 13.2. The van der Waals surface area contributed by atoms with Crippen LogP contribution in [0, 0.1) is 11.7 Å². The lowest BCUT2D eigenvalue weighted by Crippen LogP contribution is -2.44. The summed E-state index contributed by atoms with van der Waals surface area (Å²) in [5.74, 6) is -3.51. The van der Waals surface area contributed by atoms with Crippen molar-refractivity contribution in [2.24, 2.45) is 16.8 Å². The first kappa shape index (κ1) is 14.4. The molecule has 0 amide bonds. The average molecular weight is 291 g/mol. The number of halogens is 4. The van der Waals surface area contributed by atoms with Gasteiger partial charge in [0.05, 0.1) is 0 Å². The molecular formula is C12H13F4N3O. The molecule has 1 atom stereocenters. The van der Waals surface area contributed by atoms with Gasteiger partial charge in [-0.1, -0.05) is 11.2 Å². The Labute approximate surface area is 112 Å². The van der Waals surface area contributed by atoms with Crippen LogP contribution >= 0.6 is 0 Å². The van der Waals surface area contributed by atoms with Gasteiger partial charge in [0, 0.05) is 18.8 Å². The Kier molecular flexibility index (Phi) is 3.74. The van der Waals surface area contributed by atoms with Crippen molar-refractivity contribution in [1.29, 1.82) is 0 Å². The third-order valence-corrected chi connectivity index (χ3v) is 3.31. The highest BCUT2D eigenvalue weighted by atomic mass is 19.4. The van der Waals surface area contributed by atoms with Gasteiger partial charge in [-0.3, -0.25) is 0 Å². The molecule has 110 valence electrons. The molecule has 20 heavy (non-hydrogen) atoms. The van der Waals surface area contributed by atoms with Gasteiger partial charge in [-0.05, 0) is 24.1 Å². The van der Waals surface area contributed by atoms with Crippen LogP contribution in [0.15, 0.2) is 23.4 Å². The minimum atomic E-state index is -4.63. The molecule has 3 N–H and O–H groups in total. The lowest BCUT2D eigenvalue weighted by atomic mass is 10.1. The third kappa shape index (κ3) is 2.78. The number of amidine groups is 1. The van der Waals surface area contributed by atoms with Gasteiger partial charge < -0.3 is 15.8 Å². The predicted octanol–water partition coefficient (Wildman–Crippen LogP) is 2.11. The topological polar surface area (TPSA) is 61.9 Å². The Balaban J connectivity index is 2.24. The van der Waals surface area contributed by atoms with Crippen molar-refractivity contribution in [1.82, 2.24) is 0 Å². The number of nitrogens with two attached hydrogens (primary N) is 1. The van der Waals surface area contributed by atoms with Crippen LogP contribution < -0.4 is 10.6 Å². The zero-order valence-corrected chi connectivity index (χ0v) is 10.4. The van der Waals surface area contributed by atoms with E-state index in [-0.39, 0.29) is 0 Å². The van der Waals surface area contributed by atoms with Gasteiger partial charge in [-0.25, -0.2) is 4.39 Å². The highest BCUT2D eigenvalue weighted by Gasteiger charge is 2.44. The molecule has 4 nitrogen and oxygen atoms in total. The normalized spacial score (nSPS) is 17.2. The number of fused-ring (bicyclic) bond motifs is 1. The molecule has 1 unspecified atom stereocenters. The van der Waals surface area contributed by atoms with Crippen molar-refractivity contribution in [2.75, 3.05) is 18.0 Å². The van der Waals surface area contributed by atoms with Crippen molar-refractivity contribution in [2.45, 2.75) is 12.6 Å². The van der Waals surface area contributed by atoms with Crippen LogP contribution in [0.5, 0.6) is 0 Å². The summed E-state index contributed by atoms with van der Waals surface area (Å²) >= 11 is 0. The van der Waals surface area contributed by atoms with Gasteiger partial charge in [0.25, 0.3) is 0 Å². The van der Waals surface area contributed by atoms with E-state index in [4.69, 9.17) is 10.9 Å². The van der Waals surface area contributed by atoms with E-state index in [2.05, 4.69) is 5.16 Å². The number of hydrogen-bond acceptors (Lipinski definition) is 3. The van der Waals surface area contributed by atoms with E-state index in [1.165, 1.54) is 17.0 Å². The van der Waals surface area contributed by atoms with Gasteiger partial charge in [-0.15, -0.1) is 0 Å². The summed E-state index contributed by atoms with van der Waals surface area (Å²) in [6.07, 6.45) is -4.09. The Bertz CT molecular complexity index is 530. The standard InChI is InChI=1S/C12H13F4N3O/c13-8-2-1-7-3-4-19(10(7)5-8)6-9(11(17)18-20)12(14,15)16/h1-2,5,9,20H,3-4,6H2,(H2,17,18). The van der Waals surface area contributed by atoms with Crippen LogP contribution in [0.1, 0.15) is 5.56 Å². The molecule has 0 saturated heterocycles. The lowest BCUT2D eigenvalue weighted by Gasteiger charge is -2.26. The summed E-state index contributed by atoms with van der Waals surface area (Å²) < 4.78 is 51.9. The van der Waals surface area contributed by atoms with E-state index >= 15 is 0 Å². The van der Waals surface area contributed by atoms with Crippen LogP contribution in [0.4, 0.5) is 23.2 Å². The van der Waals surface area contributed by atoms with Gasteiger partial charge in [-0.2, -0.15) is 13.2 Å². The molecule has 1 heterocycles. The minimum Gasteiger partial charge on any atom is -0.409 e. The van der Waals surface area contributed by atoms with Crippen LogP contribution in [-0.2, 0) is 6.42 Å². The van der Waals surface area contributed by atoms with Crippen molar-refractivity contribution in [3.8, 4) is 0 Å². The SMILES string of the molecule is N/C(=N/O)C(CN1CCc2ccc(F)cc21)C(F)(F)F. The molecule has 0 bridgehead atoms. The molecule has 0 radical (unpaired) electrons. The van der Waals surface area contributed by atoms with E-state index in [9.17, 15) is 17.6 Å². The molecule has 1 aliphatic heterocycles. The van der Waals surface area contributed by atoms with Crippen molar-refractivity contribution in [3.63, 3.8) is 0 Å². The molecular weight excluding hydrogens is 278 g/mol. The van der Waals surface area contributed by atoms with Crippen LogP contribution in [0.25, 0.3) is 0 Å². The second-order valence-corrected chi connectivity index (χ2v) is 4.59. The number of rotatable bonds is 3. The maximum atomic E-state index is 13.2. The molecule has 0 fully saturated rings. The molecule has 1 aromatic rings. The van der Waals surface area contributed by atoms with Gasteiger partial charge in [0.15, 0.2) is 5.84 Å². The number of anilines is 1. The predicted molar refractivity (Wildman–Crippen MR) is 65.3 cm³/mol. The van der Waals surface area contributed by atoms with Crippen molar-refractivity contribution < 1.29 is 22.8 Å². The molecule has 0 aromatic heterocycles. The molecule has 0 saturated carbocycles. The molecule has 2 rings (SSSR count). The zero-order chi connectivity index (χ0) is 14.9. The number of nitrogens with zero attached hydrogens (tertiary/aromatic N) is 2. The van der Waals surface area contributed by atoms with Crippen LogP contribution in [0.3, 0.4) is 0 Å². The van der Waals surface area contributed by atoms with E-state index in [1.807, 2.05) is 0 Å².